The molecule has 29 heavy (non-hydrogen) atoms. The first kappa shape index (κ1) is 19.6. The van der Waals surface area contributed by atoms with E-state index in [0.717, 1.165) is 5.56 Å². The van der Waals surface area contributed by atoms with Crippen molar-refractivity contribution in [3.63, 3.8) is 0 Å². The summed E-state index contributed by atoms with van der Waals surface area (Å²) in [6.07, 6.45) is 0.563. The molecule has 2 aliphatic heterocycles. The van der Waals surface area contributed by atoms with Gasteiger partial charge in [-0.25, -0.2) is 4.79 Å². The first-order valence-corrected chi connectivity index (χ1v) is 9.40. The molecule has 3 heterocycles. The second-order valence-electron chi connectivity index (χ2n) is 7.41. The molecule has 9 nitrogen and oxygen atoms in total. The van der Waals surface area contributed by atoms with Gasteiger partial charge in [0.25, 0.3) is 6.01 Å². The molecular formula is C20H23N3O6. The lowest BCUT2D eigenvalue weighted by Crippen LogP contribution is -2.38. The van der Waals surface area contributed by atoms with Gasteiger partial charge < -0.3 is 24.1 Å². The molecule has 1 N–H and O–H groups in total. The minimum atomic E-state index is -1.26. The second kappa shape index (κ2) is 7.94. The fourth-order valence-corrected chi connectivity index (χ4v) is 3.31. The van der Waals surface area contributed by atoms with Crippen molar-refractivity contribution in [1.82, 2.24) is 9.55 Å². The minimum Gasteiger partial charge on any atom is -0.462 e. The Kier molecular flexibility index (Phi) is 5.35. The van der Waals surface area contributed by atoms with Crippen LogP contribution in [0.5, 0.6) is 6.01 Å². The highest BCUT2D eigenvalue weighted by Gasteiger charge is 2.42. The van der Waals surface area contributed by atoms with Gasteiger partial charge in [-0.1, -0.05) is 30.3 Å². The fourth-order valence-electron chi connectivity index (χ4n) is 3.31. The van der Waals surface area contributed by atoms with Crippen LogP contribution >= 0.6 is 0 Å². The summed E-state index contributed by atoms with van der Waals surface area (Å²) in [5.41, 5.74) is 1.07. The van der Waals surface area contributed by atoms with E-state index in [1.165, 1.54) is 0 Å². The smallest absolute Gasteiger partial charge is 0.435 e. The molecule has 0 aliphatic carbocycles. The van der Waals surface area contributed by atoms with Gasteiger partial charge in [0.2, 0.25) is 0 Å². The molecule has 0 saturated carbocycles. The number of fused-ring (bicyclic) bond motifs is 4. The largest absolute Gasteiger partial charge is 0.462 e. The van der Waals surface area contributed by atoms with Crippen molar-refractivity contribution in [2.24, 2.45) is 4.99 Å². The number of benzene rings is 1. The summed E-state index contributed by atoms with van der Waals surface area (Å²) in [6, 6.07) is 11.2. The molecule has 3 atom stereocenters. The number of aliphatic hydroxyl groups is 1. The highest BCUT2D eigenvalue weighted by Crippen LogP contribution is 2.36. The van der Waals surface area contributed by atoms with E-state index < -0.39 is 11.9 Å². The van der Waals surface area contributed by atoms with Crippen molar-refractivity contribution < 1.29 is 28.8 Å². The van der Waals surface area contributed by atoms with Gasteiger partial charge in [0.15, 0.2) is 11.3 Å². The van der Waals surface area contributed by atoms with E-state index in [1.54, 1.807) is 30.7 Å². The standard InChI is InChI=1S/C20H23N3O6/c1-20(2,25)29-14-10-17-23-9-8-16(21-18(23)26-12-15(14)28-17)22-19(24)27-11-13-6-4-3-5-7-13/h3-9,14-15,17,25H,10-12H2,1-2H3/b22-16-/t14?,15-,17-/m1/s1. The zero-order valence-electron chi connectivity index (χ0n) is 16.2. The first-order valence-electron chi connectivity index (χ1n) is 9.40. The van der Waals surface area contributed by atoms with Crippen LogP contribution in [0.1, 0.15) is 32.1 Å². The summed E-state index contributed by atoms with van der Waals surface area (Å²) in [5, 5.41) is 9.91. The van der Waals surface area contributed by atoms with Crippen LogP contribution in [0, 0.1) is 0 Å². The summed E-state index contributed by atoms with van der Waals surface area (Å²) >= 11 is 0. The normalized spacial score (nSPS) is 23.8. The number of rotatable bonds is 4. The lowest BCUT2D eigenvalue weighted by molar-refractivity contribution is -0.216. The molecule has 0 spiro atoms. The predicted octanol–water partition coefficient (Wildman–Crippen LogP) is 1.91. The molecule has 1 saturated heterocycles. The summed E-state index contributed by atoms with van der Waals surface area (Å²) in [5.74, 6) is -1.26. The van der Waals surface area contributed by atoms with Gasteiger partial charge in [0.05, 0.1) is 6.10 Å². The van der Waals surface area contributed by atoms with Gasteiger partial charge in [-0.15, -0.1) is 0 Å². The Labute approximate surface area is 167 Å². The predicted molar refractivity (Wildman–Crippen MR) is 99.6 cm³/mol. The van der Waals surface area contributed by atoms with E-state index in [9.17, 15) is 9.90 Å². The number of ether oxygens (including phenoxy) is 4. The van der Waals surface area contributed by atoms with Crippen LogP contribution in [0.3, 0.4) is 0 Å². The Morgan fingerprint density at radius 2 is 2.14 bits per heavy atom. The second-order valence-corrected chi connectivity index (χ2v) is 7.41. The zero-order chi connectivity index (χ0) is 20.4. The number of carbonyl (C=O) groups excluding carboxylic acids is 1. The van der Waals surface area contributed by atoms with Crippen LogP contribution < -0.4 is 10.2 Å². The van der Waals surface area contributed by atoms with E-state index in [-0.39, 0.29) is 37.1 Å². The van der Waals surface area contributed by atoms with Crippen LogP contribution in [0.15, 0.2) is 47.6 Å². The van der Waals surface area contributed by atoms with Crippen molar-refractivity contribution in [2.45, 2.75) is 51.1 Å². The Bertz CT molecular complexity index is 937. The SMILES string of the molecule is CC(C)(O)OC1C[C@H]2O[C@@H]1COc1n/c(=N\C(=O)OCc3ccccc3)ccn12. The third-order valence-electron chi connectivity index (χ3n) is 4.53. The molecule has 2 aromatic rings. The number of carbonyl (C=O) groups is 1. The maximum absolute atomic E-state index is 12.0. The molecule has 1 aromatic heterocycles. The lowest BCUT2D eigenvalue weighted by Gasteiger charge is -2.26. The van der Waals surface area contributed by atoms with Crippen LogP contribution in [-0.2, 0) is 20.8 Å². The maximum Gasteiger partial charge on any atom is 0.435 e. The Hall–Kier alpha value is -2.75. The van der Waals surface area contributed by atoms with Crippen LogP contribution in [0.2, 0.25) is 0 Å². The average molecular weight is 401 g/mol. The van der Waals surface area contributed by atoms with Crippen molar-refractivity contribution in [3.8, 4) is 6.01 Å². The molecule has 0 radical (unpaired) electrons. The van der Waals surface area contributed by atoms with Crippen molar-refractivity contribution in [2.75, 3.05) is 6.61 Å². The number of hydrogen-bond donors (Lipinski definition) is 1. The molecule has 1 fully saturated rings. The van der Waals surface area contributed by atoms with E-state index in [4.69, 9.17) is 18.9 Å². The van der Waals surface area contributed by atoms with Gasteiger partial charge in [0.1, 0.15) is 25.5 Å². The molecule has 154 valence electrons. The summed E-state index contributed by atoms with van der Waals surface area (Å²) in [7, 11) is 0. The zero-order valence-corrected chi connectivity index (χ0v) is 16.2. The number of aromatic nitrogens is 2. The van der Waals surface area contributed by atoms with Gasteiger partial charge >= 0.3 is 6.09 Å². The van der Waals surface area contributed by atoms with E-state index in [1.807, 2.05) is 30.3 Å². The molecule has 1 amide bonds. The summed E-state index contributed by atoms with van der Waals surface area (Å²) in [4.78, 5) is 20.1. The third kappa shape index (κ3) is 4.81. The first-order chi connectivity index (χ1) is 13.9. The molecule has 1 unspecified atom stereocenters. The van der Waals surface area contributed by atoms with E-state index in [0.29, 0.717) is 12.4 Å². The number of hydrogen-bond acceptors (Lipinski definition) is 7. The van der Waals surface area contributed by atoms with Gasteiger partial charge in [-0.3, -0.25) is 4.57 Å². The molecule has 9 heteroatoms. The highest BCUT2D eigenvalue weighted by molar-refractivity contribution is 5.68. The Morgan fingerprint density at radius 1 is 1.34 bits per heavy atom. The van der Waals surface area contributed by atoms with Gasteiger partial charge in [-0.2, -0.15) is 9.98 Å². The quantitative estimate of drug-likeness (QED) is 0.781. The number of amides is 1. The molecular weight excluding hydrogens is 378 g/mol. The van der Waals surface area contributed by atoms with Crippen LogP contribution in [-0.4, -0.2) is 45.4 Å². The van der Waals surface area contributed by atoms with Gasteiger partial charge in [0, 0.05) is 12.6 Å². The van der Waals surface area contributed by atoms with Crippen molar-refractivity contribution in [1.29, 1.82) is 0 Å². The van der Waals surface area contributed by atoms with Crippen LogP contribution in [0.4, 0.5) is 4.79 Å². The average Bonchev–Trinajstić information content (AvgIpc) is 2.96. The third-order valence-corrected chi connectivity index (χ3v) is 4.53. The van der Waals surface area contributed by atoms with Crippen molar-refractivity contribution in [3.05, 3.63) is 53.6 Å². The monoisotopic (exact) mass is 401 g/mol. The van der Waals surface area contributed by atoms with E-state index in [2.05, 4.69) is 9.98 Å². The highest BCUT2D eigenvalue weighted by atomic mass is 16.7. The minimum absolute atomic E-state index is 0.138. The molecule has 1 aromatic carbocycles. The van der Waals surface area contributed by atoms with Crippen molar-refractivity contribution >= 4 is 6.09 Å². The molecule has 2 bridgehead atoms. The Balaban J connectivity index is 1.45. The lowest BCUT2D eigenvalue weighted by atomic mass is 10.1. The Morgan fingerprint density at radius 3 is 2.90 bits per heavy atom. The summed E-state index contributed by atoms with van der Waals surface area (Å²) < 4.78 is 24.2. The van der Waals surface area contributed by atoms with E-state index >= 15 is 0 Å². The van der Waals surface area contributed by atoms with Gasteiger partial charge in [-0.05, 0) is 25.5 Å². The molecule has 2 aliphatic rings. The van der Waals surface area contributed by atoms with Crippen LogP contribution in [0.25, 0.3) is 0 Å². The fraction of sp³-hybridized carbons (Fsp3) is 0.450. The maximum atomic E-state index is 12.0. The molecule has 4 rings (SSSR count). The summed E-state index contributed by atoms with van der Waals surface area (Å²) in [6.45, 7) is 3.51. The topological polar surface area (TPSA) is 104 Å². The number of nitrogens with zero attached hydrogens (tertiary/aromatic N) is 3.